The number of azide groups is 1. The predicted molar refractivity (Wildman–Crippen MR) is 117 cm³/mol. The van der Waals surface area contributed by atoms with Crippen molar-refractivity contribution in [2.75, 3.05) is 5.73 Å². The van der Waals surface area contributed by atoms with Crippen molar-refractivity contribution in [3.8, 4) is 0 Å². The minimum Gasteiger partial charge on any atom is -0.382 e. The largest absolute Gasteiger partial charge is 0.382 e. The standard InChI is InChI=1S/C11H12ClN5O.C8H8ClN3/c1-6(7-4-2-3-5-8(7)12)17-10(13)9(11(14)18)15-16-17;1-6(11-12-10)7-4-2-3-5-8(7)9/h2-6H,13H2,1H3,(H2,14,18);2-6H,1H3. The summed E-state index contributed by atoms with van der Waals surface area (Å²) >= 11 is 12.0. The average Bonchev–Trinajstić information content (AvgIpc) is 3.10. The molecule has 0 aliphatic rings. The Bertz CT molecular complexity index is 1080. The van der Waals surface area contributed by atoms with Crippen molar-refractivity contribution >= 4 is 34.9 Å². The molecule has 0 radical (unpaired) electrons. The van der Waals surface area contributed by atoms with Gasteiger partial charge in [-0.25, -0.2) is 4.68 Å². The van der Waals surface area contributed by atoms with Gasteiger partial charge in [-0.2, -0.15) is 0 Å². The Balaban J connectivity index is 0.000000232. The average molecular weight is 447 g/mol. The minimum atomic E-state index is -0.704. The van der Waals surface area contributed by atoms with E-state index in [4.69, 9.17) is 40.2 Å². The molecule has 0 spiro atoms. The van der Waals surface area contributed by atoms with Crippen LogP contribution in [0.15, 0.2) is 53.6 Å². The number of benzene rings is 2. The zero-order valence-electron chi connectivity index (χ0n) is 16.3. The quantitative estimate of drug-likeness (QED) is 0.324. The van der Waals surface area contributed by atoms with Crippen molar-refractivity contribution in [1.29, 1.82) is 0 Å². The molecule has 2 atom stereocenters. The van der Waals surface area contributed by atoms with Crippen molar-refractivity contribution in [2.24, 2.45) is 10.8 Å². The maximum absolute atomic E-state index is 11.1. The second-order valence-electron chi connectivity index (χ2n) is 6.23. The summed E-state index contributed by atoms with van der Waals surface area (Å²) in [5.74, 6) is -0.569. The monoisotopic (exact) mass is 446 g/mol. The van der Waals surface area contributed by atoms with E-state index in [-0.39, 0.29) is 23.6 Å². The van der Waals surface area contributed by atoms with Crippen LogP contribution in [-0.4, -0.2) is 20.9 Å². The number of hydrogen-bond acceptors (Lipinski definition) is 5. The van der Waals surface area contributed by atoms with E-state index in [0.717, 1.165) is 11.1 Å². The molecule has 156 valence electrons. The Morgan fingerprint density at radius 3 is 2.10 bits per heavy atom. The van der Waals surface area contributed by atoms with Crippen LogP contribution in [0.4, 0.5) is 5.82 Å². The number of anilines is 1. The molecule has 3 aromatic rings. The number of hydrogen-bond donors (Lipinski definition) is 2. The predicted octanol–water partition coefficient (Wildman–Crippen LogP) is 4.93. The van der Waals surface area contributed by atoms with E-state index in [2.05, 4.69) is 20.3 Å². The number of carbonyl (C=O) groups excluding carboxylic acids is 1. The highest BCUT2D eigenvalue weighted by Crippen LogP contribution is 2.27. The number of primary amides is 1. The molecule has 0 saturated carbocycles. The molecule has 1 amide bonds. The zero-order chi connectivity index (χ0) is 22.3. The topological polar surface area (TPSA) is 149 Å². The highest BCUT2D eigenvalue weighted by Gasteiger charge is 2.20. The lowest BCUT2D eigenvalue weighted by atomic mass is 10.1. The van der Waals surface area contributed by atoms with Gasteiger partial charge in [-0.1, -0.05) is 76.9 Å². The second kappa shape index (κ2) is 10.5. The third-order valence-electron chi connectivity index (χ3n) is 4.27. The molecule has 30 heavy (non-hydrogen) atoms. The van der Waals surface area contributed by atoms with E-state index in [1.54, 1.807) is 19.1 Å². The summed E-state index contributed by atoms with van der Waals surface area (Å²) in [6.07, 6.45) is 0. The molecule has 9 nitrogen and oxygen atoms in total. The minimum absolute atomic E-state index is 0.0334. The molecule has 0 aliphatic carbocycles. The van der Waals surface area contributed by atoms with Gasteiger partial charge in [-0.3, -0.25) is 4.79 Å². The van der Waals surface area contributed by atoms with Crippen LogP contribution in [0.25, 0.3) is 10.4 Å². The van der Waals surface area contributed by atoms with Crippen LogP contribution in [0, 0.1) is 0 Å². The third-order valence-corrected chi connectivity index (χ3v) is 4.95. The zero-order valence-corrected chi connectivity index (χ0v) is 17.8. The first kappa shape index (κ1) is 23.0. The number of nitrogens with zero attached hydrogens (tertiary/aromatic N) is 6. The normalized spacial score (nSPS) is 12.1. The Morgan fingerprint density at radius 1 is 1.10 bits per heavy atom. The van der Waals surface area contributed by atoms with Gasteiger partial charge in [0.1, 0.15) is 0 Å². The molecule has 2 unspecified atom stereocenters. The van der Waals surface area contributed by atoms with Gasteiger partial charge in [0.15, 0.2) is 11.5 Å². The van der Waals surface area contributed by atoms with Gasteiger partial charge in [0.2, 0.25) is 0 Å². The van der Waals surface area contributed by atoms with Crippen LogP contribution in [0.1, 0.15) is 47.5 Å². The molecule has 1 aromatic heterocycles. The van der Waals surface area contributed by atoms with Crippen molar-refractivity contribution < 1.29 is 4.79 Å². The molecule has 1 heterocycles. The van der Waals surface area contributed by atoms with Gasteiger partial charge < -0.3 is 11.5 Å². The Labute approximate surface area is 183 Å². The fourth-order valence-corrected chi connectivity index (χ4v) is 3.25. The van der Waals surface area contributed by atoms with Crippen molar-refractivity contribution in [3.63, 3.8) is 0 Å². The Hall–Kier alpha value is -3.26. The fraction of sp³-hybridized carbons (Fsp3) is 0.211. The lowest BCUT2D eigenvalue weighted by molar-refractivity contribution is 0.0996. The summed E-state index contributed by atoms with van der Waals surface area (Å²) in [5, 5.41) is 12.3. The summed E-state index contributed by atoms with van der Waals surface area (Å²) in [4.78, 5) is 13.8. The van der Waals surface area contributed by atoms with Crippen LogP contribution in [0.3, 0.4) is 0 Å². The third kappa shape index (κ3) is 5.42. The van der Waals surface area contributed by atoms with Gasteiger partial charge in [0.05, 0.1) is 12.1 Å². The number of aromatic nitrogens is 3. The Morgan fingerprint density at radius 2 is 1.63 bits per heavy atom. The lowest BCUT2D eigenvalue weighted by Crippen LogP contribution is -2.16. The smallest absolute Gasteiger partial charge is 0.273 e. The molecule has 0 fully saturated rings. The first-order valence-electron chi connectivity index (χ1n) is 8.81. The molecule has 4 N–H and O–H groups in total. The SMILES string of the molecule is CC(N=[N+]=[N-])c1ccccc1Cl.CC(c1ccccc1Cl)n1nnc(C(N)=O)c1N. The van der Waals surface area contributed by atoms with Gasteiger partial charge >= 0.3 is 0 Å². The number of rotatable bonds is 5. The molecule has 3 rings (SSSR count). The lowest BCUT2D eigenvalue weighted by Gasteiger charge is -2.14. The molecule has 11 heteroatoms. The number of nitrogens with two attached hydrogens (primary N) is 2. The van der Waals surface area contributed by atoms with Crippen LogP contribution >= 0.6 is 23.2 Å². The van der Waals surface area contributed by atoms with Crippen molar-refractivity contribution in [2.45, 2.75) is 25.9 Å². The molecule has 0 aliphatic heterocycles. The molecule has 0 saturated heterocycles. The van der Waals surface area contributed by atoms with Crippen molar-refractivity contribution in [1.82, 2.24) is 15.0 Å². The molecular formula is C19H20Cl2N8O. The summed E-state index contributed by atoms with van der Waals surface area (Å²) in [7, 11) is 0. The summed E-state index contributed by atoms with van der Waals surface area (Å²) in [6, 6.07) is 14.2. The van der Waals surface area contributed by atoms with Gasteiger partial charge in [0.25, 0.3) is 5.91 Å². The number of carbonyl (C=O) groups is 1. The number of nitrogen functional groups attached to an aromatic ring is 1. The van der Waals surface area contributed by atoms with Crippen molar-refractivity contribution in [3.05, 3.63) is 85.8 Å². The molecule has 2 aromatic carbocycles. The maximum atomic E-state index is 11.1. The van der Waals surface area contributed by atoms with E-state index >= 15 is 0 Å². The number of amides is 1. The maximum Gasteiger partial charge on any atom is 0.273 e. The van der Waals surface area contributed by atoms with Gasteiger partial charge in [-0.05, 0) is 35.7 Å². The first-order valence-corrected chi connectivity index (χ1v) is 9.57. The van der Waals surface area contributed by atoms with E-state index in [9.17, 15) is 4.79 Å². The summed E-state index contributed by atoms with van der Waals surface area (Å²) < 4.78 is 1.42. The Kier molecular flexibility index (Phi) is 8.06. The van der Waals surface area contributed by atoms with Crippen LogP contribution < -0.4 is 11.5 Å². The molecule has 0 bridgehead atoms. The second-order valence-corrected chi connectivity index (χ2v) is 7.05. The highest BCUT2D eigenvalue weighted by atomic mass is 35.5. The van der Waals surface area contributed by atoms with Gasteiger partial charge in [0, 0.05) is 15.0 Å². The van der Waals surface area contributed by atoms with E-state index < -0.39 is 5.91 Å². The van der Waals surface area contributed by atoms with Crippen LogP contribution in [-0.2, 0) is 0 Å². The van der Waals surface area contributed by atoms with E-state index in [0.29, 0.717) is 10.0 Å². The van der Waals surface area contributed by atoms with Gasteiger partial charge in [-0.15, -0.1) is 5.10 Å². The summed E-state index contributed by atoms with van der Waals surface area (Å²) in [5.41, 5.74) is 20.8. The number of halogens is 2. The van der Waals surface area contributed by atoms with E-state index in [1.807, 2.05) is 43.3 Å². The fourth-order valence-electron chi connectivity index (χ4n) is 2.66. The first-order chi connectivity index (χ1) is 14.3. The van der Waals surface area contributed by atoms with Crippen LogP contribution in [0.2, 0.25) is 10.0 Å². The highest BCUT2D eigenvalue weighted by molar-refractivity contribution is 6.31. The van der Waals surface area contributed by atoms with Crippen LogP contribution in [0.5, 0.6) is 0 Å². The molecular weight excluding hydrogens is 427 g/mol. The van der Waals surface area contributed by atoms with E-state index in [1.165, 1.54) is 4.68 Å². The summed E-state index contributed by atoms with van der Waals surface area (Å²) in [6.45, 7) is 3.66.